The number of carbonyl (C=O) groups excluding carboxylic acids is 1. The van der Waals surface area contributed by atoms with Gasteiger partial charge in [-0.25, -0.2) is 4.79 Å². The number of benzene rings is 1. The van der Waals surface area contributed by atoms with Crippen LogP contribution >= 0.6 is 12.4 Å². The highest BCUT2D eigenvalue weighted by Gasteiger charge is 2.28. The van der Waals surface area contributed by atoms with Crippen molar-refractivity contribution in [2.75, 3.05) is 20.5 Å². The van der Waals surface area contributed by atoms with Crippen LogP contribution in [0.5, 0.6) is 17.2 Å². The highest BCUT2D eigenvalue weighted by atomic mass is 35.5. The van der Waals surface area contributed by atoms with Crippen molar-refractivity contribution in [2.24, 2.45) is 0 Å². The lowest BCUT2D eigenvalue weighted by atomic mass is 10.1. The lowest BCUT2D eigenvalue weighted by Gasteiger charge is -2.11. The molecule has 0 aromatic heterocycles. The van der Waals surface area contributed by atoms with Gasteiger partial charge in [-0.1, -0.05) is 0 Å². The van der Waals surface area contributed by atoms with E-state index < -0.39 is 6.09 Å². The molecule has 1 amide bonds. The predicted octanol–water partition coefficient (Wildman–Crippen LogP) is 1.63. The molecule has 1 aromatic rings. The molecule has 3 rings (SSSR count). The molecular formula is C11H12ClNO5. The fourth-order valence-corrected chi connectivity index (χ4v) is 1.92. The largest absolute Gasteiger partial charge is 0.493 e. The van der Waals surface area contributed by atoms with Crippen molar-refractivity contribution in [3.8, 4) is 17.2 Å². The molecule has 2 aliphatic heterocycles. The minimum Gasteiger partial charge on any atom is -0.493 e. The van der Waals surface area contributed by atoms with Crippen LogP contribution in [0.3, 0.4) is 0 Å². The van der Waals surface area contributed by atoms with Gasteiger partial charge in [0.2, 0.25) is 12.5 Å². The monoisotopic (exact) mass is 273 g/mol. The normalized spacial score (nSPS) is 19.8. The van der Waals surface area contributed by atoms with Crippen LogP contribution in [0.15, 0.2) is 12.1 Å². The molecule has 0 aliphatic carbocycles. The van der Waals surface area contributed by atoms with Crippen LogP contribution in [0.4, 0.5) is 4.79 Å². The summed E-state index contributed by atoms with van der Waals surface area (Å²) in [5.74, 6) is 1.82. The zero-order valence-electron chi connectivity index (χ0n) is 9.60. The molecule has 0 spiro atoms. The molecule has 6 nitrogen and oxygen atoms in total. The van der Waals surface area contributed by atoms with Crippen LogP contribution in [0, 0.1) is 0 Å². The number of amides is 1. The van der Waals surface area contributed by atoms with Crippen molar-refractivity contribution >= 4 is 18.5 Å². The van der Waals surface area contributed by atoms with Gasteiger partial charge in [0, 0.05) is 0 Å². The minimum absolute atomic E-state index is 0. The van der Waals surface area contributed by atoms with Crippen molar-refractivity contribution in [1.82, 2.24) is 5.32 Å². The van der Waals surface area contributed by atoms with E-state index >= 15 is 0 Å². The van der Waals surface area contributed by atoms with E-state index in [9.17, 15) is 4.79 Å². The molecular weight excluding hydrogens is 262 g/mol. The Bertz CT molecular complexity index is 479. The Morgan fingerprint density at radius 1 is 1.33 bits per heavy atom. The lowest BCUT2D eigenvalue weighted by molar-refractivity contribution is 0.171. The van der Waals surface area contributed by atoms with Gasteiger partial charge in [-0.3, -0.25) is 0 Å². The van der Waals surface area contributed by atoms with Gasteiger partial charge in [0.25, 0.3) is 0 Å². The second-order valence-electron chi connectivity index (χ2n) is 3.75. The summed E-state index contributed by atoms with van der Waals surface area (Å²) in [6.45, 7) is 0.490. The molecule has 18 heavy (non-hydrogen) atoms. The number of hydrogen-bond donors (Lipinski definition) is 1. The summed E-state index contributed by atoms with van der Waals surface area (Å²) in [4.78, 5) is 11.0. The molecule has 0 saturated carbocycles. The van der Waals surface area contributed by atoms with Gasteiger partial charge < -0.3 is 24.3 Å². The van der Waals surface area contributed by atoms with Gasteiger partial charge in [0.05, 0.1) is 13.2 Å². The number of hydrogen-bond acceptors (Lipinski definition) is 5. The first kappa shape index (κ1) is 12.6. The SMILES string of the molecule is COc1cc([C@H]2COC(=O)N2)cc2c1OCO2.Cl. The van der Waals surface area contributed by atoms with Crippen molar-refractivity contribution in [1.29, 1.82) is 0 Å². The van der Waals surface area contributed by atoms with Gasteiger partial charge in [-0.15, -0.1) is 12.4 Å². The maximum atomic E-state index is 11.0. The molecule has 0 radical (unpaired) electrons. The third-order valence-corrected chi connectivity index (χ3v) is 2.76. The van der Waals surface area contributed by atoms with Gasteiger partial charge >= 0.3 is 6.09 Å². The van der Waals surface area contributed by atoms with E-state index in [0.29, 0.717) is 23.9 Å². The highest BCUT2D eigenvalue weighted by molar-refractivity contribution is 5.85. The van der Waals surface area contributed by atoms with Crippen LogP contribution in [0.1, 0.15) is 11.6 Å². The zero-order chi connectivity index (χ0) is 11.8. The first-order chi connectivity index (χ1) is 8.28. The number of carbonyl (C=O) groups is 1. The number of alkyl carbamates (subject to hydrolysis) is 1. The third-order valence-electron chi connectivity index (χ3n) is 2.76. The third kappa shape index (κ3) is 1.99. The maximum absolute atomic E-state index is 11.0. The topological polar surface area (TPSA) is 66.0 Å². The van der Waals surface area contributed by atoms with Gasteiger partial charge in [-0.05, 0) is 17.7 Å². The Hall–Kier alpha value is -1.82. The fraction of sp³-hybridized carbons (Fsp3) is 0.364. The van der Waals surface area contributed by atoms with Gasteiger partial charge in [0.1, 0.15) is 6.61 Å². The Balaban J connectivity index is 0.00000120. The quantitative estimate of drug-likeness (QED) is 0.887. The number of rotatable bonds is 2. The molecule has 1 atom stereocenters. The molecule has 1 aromatic carbocycles. The first-order valence-electron chi connectivity index (χ1n) is 5.19. The van der Waals surface area contributed by atoms with E-state index in [1.165, 1.54) is 0 Å². The number of halogens is 1. The molecule has 2 aliphatic rings. The number of methoxy groups -OCH3 is 1. The molecule has 2 heterocycles. The van der Waals surface area contributed by atoms with Gasteiger partial charge in [0.15, 0.2) is 11.5 Å². The molecule has 1 N–H and O–H groups in total. The van der Waals surface area contributed by atoms with Gasteiger partial charge in [-0.2, -0.15) is 0 Å². The van der Waals surface area contributed by atoms with E-state index in [-0.39, 0.29) is 25.2 Å². The molecule has 0 bridgehead atoms. The van der Waals surface area contributed by atoms with Crippen molar-refractivity contribution in [2.45, 2.75) is 6.04 Å². The Morgan fingerprint density at radius 3 is 2.83 bits per heavy atom. The van der Waals surface area contributed by atoms with Crippen LogP contribution in [0.2, 0.25) is 0 Å². The summed E-state index contributed by atoms with van der Waals surface area (Å²) in [5.41, 5.74) is 0.872. The molecule has 0 unspecified atom stereocenters. The van der Waals surface area contributed by atoms with Crippen molar-refractivity contribution in [3.63, 3.8) is 0 Å². The van der Waals surface area contributed by atoms with Crippen LogP contribution in [0.25, 0.3) is 0 Å². The molecule has 7 heteroatoms. The second kappa shape index (κ2) is 4.81. The maximum Gasteiger partial charge on any atom is 0.407 e. The van der Waals surface area contributed by atoms with Crippen molar-refractivity contribution < 1.29 is 23.7 Å². The van der Waals surface area contributed by atoms with E-state index in [0.717, 1.165) is 5.56 Å². The number of cyclic esters (lactones) is 1. The summed E-state index contributed by atoms with van der Waals surface area (Å²) in [6.07, 6.45) is -0.411. The smallest absolute Gasteiger partial charge is 0.407 e. The average Bonchev–Trinajstić information content (AvgIpc) is 2.95. The molecule has 98 valence electrons. The van der Waals surface area contributed by atoms with Crippen LogP contribution in [-0.2, 0) is 4.74 Å². The number of nitrogens with one attached hydrogen (secondary N) is 1. The summed E-state index contributed by atoms with van der Waals surface area (Å²) < 4.78 is 20.7. The second-order valence-corrected chi connectivity index (χ2v) is 3.75. The number of fused-ring (bicyclic) bond motifs is 1. The van der Waals surface area contributed by atoms with Crippen molar-refractivity contribution in [3.05, 3.63) is 17.7 Å². The first-order valence-corrected chi connectivity index (χ1v) is 5.19. The van der Waals surface area contributed by atoms with E-state index in [1.807, 2.05) is 12.1 Å². The van der Waals surface area contributed by atoms with E-state index in [2.05, 4.69) is 5.32 Å². The zero-order valence-corrected chi connectivity index (χ0v) is 10.4. The number of ether oxygens (including phenoxy) is 4. The van der Waals surface area contributed by atoms with E-state index in [1.54, 1.807) is 7.11 Å². The van der Waals surface area contributed by atoms with E-state index in [4.69, 9.17) is 18.9 Å². The Labute approximate surface area is 110 Å². The highest BCUT2D eigenvalue weighted by Crippen LogP contribution is 2.43. The Morgan fingerprint density at radius 2 is 2.17 bits per heavy atom. The lowest BCUT2D eigenvalue weighted by Crippen LogP contribution is -2.18. The molecule has 1 fully saturated rings. The van der Waals surface area contributed by atoms with Crippen LogP contribution < -0.4 is 19.5 Å². The van der Waals surface area contributed by atoms with Crippen LogP contribution in [-0.4, -0.2) is 26.6 Å². The standard InChI is InChI=1S/C11H11NO5.ClH/c1-14-8-2-6(7-4-15-11(13)12-7)3-9-10(8)17-5-16-9;/h2-3,7H,4-5H2,1H3,(H,12,13);1H/t7-;/m1./s1. The Kier molecular flexibility index (Phi) is 3.38. The summed E-state index contributed by atoms with van der Waals surface area (Å²) >= 11 is 0. The average molecular weight is 274 g/mol. The molecule has 1 saturated heterocycles. The summed E-state index contributed by atoms with van der Waals surface area (Å²) in [6, 6.07) is 3.46. The summed E-state index contributed by atoms with van der Waals surface area (Å²) in [7, 11) is 1.56. The predicted molar refractivity (Wildman–Crippen MR) is 63.6 cm³/mol. The minimum atomic E-state index is -0.411. The summed E-state index contributed by atoms with van der Waals surface area (Å²) in [5, 5.41) is 2.70. The fourth-order valence-electron chi connectivity index (χ4n) is 1.92.